The van der Waals surface area contributed by atoms with Gasteiger partial charge < -0.3 is 4.90 Å². The monoisotopic (exact) mass is 358 g/mol. The molecule has 27 heavy (non-hydrogen) atoms. The van der Waals surface area contributed by atoms with E-state index < -0.39 is 0 Å². The summed E-state index contributed by atoms with van der Waals surface area (Å²) in [6.45, 7) is 5.33. The van der Waals surface area contributed by atoms with Crippen molar-refractivity contribution in [3.05, 3.63) is 83.9 Å². The Labute approximate surface area is 161 Å². The van der Waals surface area contributed by atoms with E-state index in [0.29, 0.717) is 6.54 Å². The molecule has 138 valence electrons. The highest BCUT2D eigenvalue weighted by atomic mass is 16.2. The average Bonchev–Trinajstić information content (AvgIpc) is 3.14. The summed E-state index contributed by atoms with van der Waals surface area (Å²) in [4.78, 5) is 16.9. The van der Waals surface area contributed by atoms with Crippen molar-refractivity contribution in [3.63, 3.8) is 0 Å². The van der Waals surface area contributed by atoms with Crippen molar-refractivity contribution in [2.24, 2.45) is 0 Å². The topological polar surface area (TPSA) is 23.6 Å². The van der Waals surface area contributed by atoms with Crippen LogP contribution in [0, 0.1) is 0 Å². The van der Waals surface area contributed by atoms with Crippen LogP contribution in [0.1, 0.15) is 24.5 Å². The van der Waals surface area contributed by atoms with Crippen LogP contribution in [0.5, 0.6) is 0 Å². The molecule has 0 aliphatic carbocycles. The van der Waals surface area contributed by atoms with Crippen molar-refractivity contribution in [3.8, 4) is 0 Å². The number of carbonyl (C=O) groups is 1. The average molecular weight is 358 g/mol. The summed E-state index contributed by atoms with van der Waals surface area (Å²) >= 11 is 0. The number of likely N-dealkylation sites (tertiary alicyclic amines) is 1. The van der Waals surface area contributed by atoms with Crippen LogP contribution in [0.4, 0.5) is 0 Å². The molecule has 4 rings (SSSR count). The van der Waals surface area contributed by atoms with Crippen molar-refractivity contribution >= 4 is 16.7 Å². The van der Waals surface area contributed by atoms with Crippen LogP contribution in [0.25, 0.3) is 10.8 Å². The van der Waals surface area contributed by atoms with Gasteiger partial charge in [-0.2, -0.15) is 0 Å². The van der Waals surface area contributed by atoms with E-state index >= 15 is 0 Å². The molecule has 1 aliphatic heterocycles. The molecule has 3 aromatic rings. The lowest BCUT2D eigenvalue weighted by atomic mass is 10.1. The number of nitrogens with zero attached hydrogens (tertiary/aromatic N) is 2. The highest BCUT2D eigenvalue weighted by molar-refractivity contribution is 5.83. The Morgan fingerprint density at radius 1 is 0.963 bits per heavy atom. The molecule has 1 amide bonds. The summed E-state index contributed by atoms with van der Waals surface area (Å²) in [6.07, 6.45) is 1.04. The molecule has 3 nitrogen and oxygen atoms in total. The minimum atomic E-state index is 0.162. The predicted octanol–water partition coefficient (Wildman–Crippen LogP) is 4.46. The van der Waals surface area contributed by atoms with Gasteiger partial charge in [0.2, 0.25) is 5.91 Å². The number of benzene rings is 3. The van der Waals surface area contributed by atoms with E-state index in [-0.39, 0.29) is 11.9 Å². The van der Waals surface area contributed by atoms with E-state index in [4.69, 9.17) is 0 Å². The highest BCUT2D eigenvalue weighted by Gasteiger charge is 2.29. The van der Waals surface area contributed by atoms with E-state index in [9.17, 15) is 4.79 Å². The third-order valence-electron chi connectivity index (χ3n) is 5.51. The second-order valence-corrected chi connectivity index (χ2v) is 7.49. The molecule has 0 unspecified atom stereocenters. The summed E-state index contributed by atoms with van der Waals surface area (Å²) in [7, 11) is 0. The molecule has 1 fully saturated rings. The summed E-state index contributed by atoms with van der Waals surface area (Å²) in [5.41, 5.74) is 2.53. The van der Waals surface area contributed by atoms with Gasteiger partial charge in [0.25, 0.3) is 0 Å². The first-order valence-corrected chi connectivity index (χ1v) is 9.70. The van der Waals surface area contributed by atoms with E-state index in [1.807, 2.05) is 0 Å². The minimum Gasteiger partial charge on any atom is -0.334 e. The van der Waals surface area contributed by atoms with Crippen LogP contribution in [-0.4, -0.2) is 34.8 Å². The Hall–Kier alpha value is -2.65. The third kappa shape index (κ3) is 4.20. The van der Waals surface area contributed by atoms with Gasteiger partial charge in [-0.25, -0.2) is 0 Å². The molecule has 3 aromatic carbocycles. The van der Waals surface area contributed by atoms with Crippen molar-refractivity contribution in [2.45, 2.75) is 32.5 Å². The molecular formula is C24H26N2O. The van der Waals surface area contributed by atoms with E-state index in [2.05, 4.69) is 82.6 Å². The van der Waals surface area contributed by atoms with Gasteiger partial charge in [-0.15, -0.1) is 0 Å². The van der Waals surface area contributed by atoms with Crippen molar-refractivity contribution in [1.29, 1.82) is 0 Å². The first-order chi connectivity index (χ1) is 13.2. The Balaban J connectivity index is 1.45. The van der Waals surface area contributed by atoms with Crippen LogP contribution < -0.4 is 0 Å². The number of carbonyl (C=O) groups excluding carboxylic acids is 1. The van der Waals surface area contributed by atoms with Gasteiger partial charge in [-0.1, -0.05) is 66.7 Å². The summed E-state index contributed by atoms with van der Waals surface area (Å²) < 4.78 is 0. The summed E-state index contributed by atoms with van der Waals surface area (Å²) in [5, 5.41) is 2.47. The van der Waals surface area contributed by atoms with Crippen LogP contribution in [0.15, 0.2) is 72.8 Å². The lowest BCUT2D eigenvalue weighted by Crippen LogP contribution is -2.40. The molecule has 0 bridgehead atoms. The Morgan fingerprint density at radius 3 is 2.48 bits per heavy atom. The largest absolute Gasteiger partial charge is 0.334 e. The zero-order chi connectivity index (χ0) is 18.6. The molecular weight excluding hydrogens is 332 g/mol. The highest BCUT2D eigenvalue weighted by Crippen LogP contribution is 2.22. The second-order valence-electron chi connectivity index (χ2n) is 7.49. The van der Waals surface area contributed by atoms with Gasteiger partial charge in [0, 0.05) is 39.1 Å². The molecule has 3 heteroatoms. The van der Waals surface area contributed by atoms with Gasteiger partial charge >= 0.3 is 0 Å². The fraction of sp³-hybridized carbons (Fsp3) is 0.292. The quantitative estimate of drug-likeness (QED) is 0.672. The maximum absolute atomic E-state index is 12.4. The molecule has 0 aromatic heterocycles. The van der Waals surface area contributed by atoms with E-state index in [0.717, 1.165) is 26.1 Å². The van der Waals surface area contributed by atoms with Crippen LogP contribution >= 0.6 is 0 Å². The fourth-order valence-electron chi connectivity index (χ4n) is 4.08. The smallest absolute Gasteiger partial charge is 0.220 e. The number of rotatable bonds is 5. The van der Waals surface area contributed by atoms with Crippen molar-refractivity contribution in [2.75, 3.05) is 13.1 Å². The Morgan fingerprint density at radius 2 is 1.70 bits per heavy atom. The number of hydrogen-bond acceptors (Lipinski definition) is 2. The van der Waals surface area contributed by atoms with Crippen LogP contribution in [0.3, 0.4) is 0 Å². The SMILES string of the molecule is CC(=O)N(Cc1ccc2ccccc2c1)[C@H]1CCN(Cc2ccccc2)C1. The van der Waals surface area contributed by atoms with Gasteiger partial charge in [0.15, 0.2) is 0 Å². The lowest BCUT2D eigenvalue weighted by molar-refractivity contribution is -0.131. The van der Waals surface area contributed by atoms with Gasteiger partial charge in [0.05, 0.1) is 0 Å². The first-order valence-electron chi connectivity index (χ1n) is 9.70. The molecule has 1 aliphatic rings. The lowest BCUT2D eigenvalue weighted by Gasteiger charge is -2.28. The molecule has 1 saturated heterocycles. The summed E-state index contributed by atoms with van der Waals surface area (Å²) in [6, 6.07) is 25.8. The van der Waals surface area contributed by atoms with Crippen molar-refractivity contribution in [1.82, 2.24) is 9.80 Å². The van der Waals surface area contributed by atoms with Crippen LogP contribution in [-0.2, 0) is 17.9 Å². The fourth-order valence-corrected chi connectivity index (χ4v) is 4.08. The Kier molecular flexibility index (Phi) is 5.21. The van der Waals surface area contributed by atoms with Gasteiger partial charge in [0.1, 0.15) is 0 Å². The summed E-state index contributed by atoms with van der Waals surface area (Å²) in [5.74, 6) is 0.162. The number of amides is 1. The number of fused-ring (bicyclic) bond motifs is 1. The predicted molar refractivity (Wildman–Crippen MR) is 110 cm³/mol. The molecule has 0 spiro atoms. The Bertz CT molecular complexity index is 922. The van der Waals surface area contributed by atoms with Crippen LogP contribution in [0.2, 0.25) is 0 Å². The van der Waals surface area contributed by atoms with E-state index in [1.165, 1.54) is 21.9 Å². The third-order valence-corrected chi connectivity index (χ3v) is 5.51. The van der Waals surface area contributed by atoms with Gasteiger partial charge in [-0.05, 0) is 34.4 Å². The zero-order valence-corrected chi connectivity index (χ0v) is 15.8. The zero-order valence-electron chi connectivity index (χ0n) is 15.8. The second kappa shape index (κ2) is 7.93. The molecule has 0 saturated carbocycles. The standard InChI is InChI=1S/C24H26N2O/c1-19(27)26(17-21-11-12-22-9-5-6-10-23(22)15-21)24-13-14-25(18-24)16-20-7-3-2-4-8-20/h2-12,15,24H,13-14,16-18H2,1H3/t24-/m0/s1. The number of hydrogen-bond donors (Lipinski definition) is 0. The maximum Gasteiger partial charge on any atom is 0.220 e. The molecule has 1 atom stereocenters. The van der Waals surface area contributed by atoms with Crippen molar-refractivity contribution < 1.29 is 4.79 Å². The molecule has 1 heterocycles. The molecule has 0 radical (unpaired) electrons. The minimum absolute atomic E-state index is 0.162. The van der Waals surface area contributed by atoms with E-state index in [1.54, 1.807) is 6.92 Å². The van der Waals surface area contributed by atoms with Gasteiger partial charge in [-0.3, -0.25) is 9.69 Å². The first kappa shape index (κ1) is 17.7. The maximum atomic E-state index is 12.4. The molecule has 0 N–H and O–H groups in total. The normalized spacial score (nSPS) is 17.3.